The van der Waals surface area contributed by atoms with E-state index in [1.807, 2.05) is 6.07 Å². The molecule has 0 aliphatic carbocycles. The number of benzene rings is 1. The summed E-state index contributed by atoms with van der Waals surface area (Å²) in [4.78, 5) is 0. The van der Waals surface area contributed by atoms with Gasteiger partial charge in [-0.15, -0.1) is 0 Å². The molecular weight excluding hydrogens is 232 g/mol. The number of phenolic OH excluding ortho intramolecular Hbond substituents is 1. The van der Waals surface area contributed by atoms with E-state index in [4.69, 9.17) is 21.7 Å². The number of nitrogens with one attached hydrogen (secondary N) is 2. The monoisotopic (exact) mass is 242 g/mol. The average Bonchev–Trinajstić information content (AvgIpc) is 2.34. The van der Waals surface area contributed by atoms with E-state index >= 15 is 0 Å². The summed E-state index contributed by atoms with van der Waals surface area (Å²) in [6.07, 6.45) is 0. The van der Waals surface area contributed by atoms with Crippen LogP contribution >= 0.6 is 0 Å². The van der Waals surface area contributed by atoms with Gasteiger partial charge in [-0.05, 0) is 19.1 Å². The van der Waals surface area contributed by atoms with Crippen LogP contribution in [0.4, 0.5) is 5.69 Å². The van der Waals surface area contributed by atoms with Crippen molar-refractivity contribution in [2.75, 3.05) is 5.43 Å². The van der Waals surface area contributed by atoms with Crippen LogP contribution in [0.1, 0.15) is 11.1 Å². The number of rotatable bonds is 3. The number of hydrazone groups is 1. The van der Waals surface area contributed by atoms with Crippen LogP contribution in [0.25, 0.3) is 0 Å². The Balaban J connectivity index is 3.21. The van der Waals surface area contributed by atoms with Crippen LogP contribution in [0.3, 0.4) is 0 Å². The average molecular weight is 242 g/mol. The molecular formula is C11H10N6O. The Labute approximate surface area is 103 Å². The van der Waals surface area contributed by atoms with Gasteiger partial charge < -0.3 is 10.8 Å². The summed E-state index contributed by atoms with van der Waals surface area (Å²) in [5.41, 5.74) is 8.23. The number of anilines is 1. The molecule has 0 spiro atoms. The Morgan fingerprint density at radius 3 is 2.67 bits per heavy atom. The highest BCUT2D eigenvalue weighted by atomic mass is 16.3. The summed E-state index contributed by atoms with van der Waals surface area (Å²) in [7, 11) is 0. The molecule has 0 heterocycles. The molecule has 0 fully saturated rings. The molecule has 0 unspecified atom stereocenters. The van der Waals surface area contributed by atoms with E-state index in [2.05, 4.69) is 10.5 Å². The lowest BCUT2D eigenvalue weighted by Crippen LogP contribution is -2.22. The van der Waals surface area contributed by atoms with Crippen LogP contribution in [0.5, 0.6) is 5.75 Å². The van der Waals surface area contributed by atoms with Crippen molar-refractivity contribution < 1.29 is 5.11 Å². The van der Waals surface area contributed by atoms with Crippen LogP contribution in [0.15, 0.2) is 17.2 Å². The molecule has 0 amide bonds. The summed E-state index contributed by atoms with van der Waals surface area (Å²) in [6.45, 7) is 1.59. The topological polar surface area (TPSA) is 142 Å². The Morgan fingerprint density at radius 1 is 1.50 bits per heavy atom. The van der Waals surface area contributed by atoms with Gasteiger partial charge in [-0.2, -0.15) is 15.6 Å². The molecule has 0 aliphatic rings. The molecule has 7 nitrogen and oxygen atoms in total. The van der Waals surface area contributed by atoms with Gasteiger partial charge in [0, 0.05) is 5.56 Å². The molecule has 0 bridgehead atoms. The van der Waals surface area contributed by atoms with Crippen LogP contribution in [0.2, 0.25) is 0 Å². The first-order valence-electron chi connectivity index (χ1n) is 4.82. The predicted octanol–water partition coefficient (Wildman–Crippen LogP) is 0.800. The van der Waals surface area contributed by atoms with Crippen LogP contribution in [0, 0.1) is 35.0 Å². The lowest BCUT2D eigenvalue weighted by molar-refractivity contribution is 0.471. The Hall–Kier alpha value is -3.06. The maximum absolute atomic E-state index is 9.52. The molecule has 0 aromatic heterocycles. The van der Waals surface area contributed by atoms with Crippen molar-refractivity contribution in [3.63, 3.8) is 0 Å². The normalized spacial score (nSPS) is 10.3. The molecule has 0 radical (unpaired) electrons. The summed E-state index contributed by atoms with van der Waals surface area (Å²) >= 11 is 0. The predicted molar refractivity (Wildman–Crippen MR) is 66.1 cm³/mol. The molecule has 0 atom stereocenters. The molecule has 1 rings (SSSR count). The second-order valence-electron chi connectivity index (χ2n) is 3.34. The second-order valence-corrected chi connectivity index (χ2v) is 3.34. The Morgan fingerprint density at radius 2 is 2.17 bits per heavy atom. The highest BCUT2D eigenvalue weighted by Gasteiger charge is 2.09. The molecule has 18 heavy (non-hydrogen) atoms. The van der Waals surface area contributed by atoms with Crippen molar-refractivity contribution in [2.24, 2.45) is 10.8 Å². The molecule has 0 saturated carbocycles. The zero-order valence-electron chi connectivity index (χ0n) is 9.52. The smallest absolute Gasteiger partial charge is 0.201 e. The standard InChI is InChI=1S/C11H10N6O/c1-6-9(18)3-2-7(4-12)10(6)17-16-8(5-13)11(14)15/h2-3,17-18H,1H3,(H3,14,15)/b16-8+. The number of hydrogen-bond acceptors (Lipinski definition) is 6. The van der Waals surface area contributed by atoms with Crippen molar-refractivity contribution in [2.45, 2.75) is 6.92 Å². The fourth-order valence-corrected chi connectivity index (χ4v) is 1.20. The number of nitriles is 2. The summed E-state index contributed by atoms with van der Waals surface area (Å²) in [5, 5.41) is 37.8. The van der Waals surface area contributed by atoms with Gasteiger partial charge in [0.25, 0.3) is 0 Å². The first kappa shape index (κ1) is 13.0. The maximum atomic E-state index is 9.52. The zero-order valence-corrected chi connectivity index (χ0v) is 9.52. The van der Waals surface area contributed by atoms with Gasteiger partial charge in [0.1, 0.15) is 17.9 Å². The van der Waals surface area contributed by atoms with E-state index in [1.54, 1.807) is 13.0 Å². The highest BCUT2D eigenvalue weighted by molar-refractivity contribution is 6.45. The Kier molecular flexibility index (Phi) is 3.85. The minimum absolute atomic E-state index is 0.00645. The largest absolute Gasteiger partial charge is 0.508 e. The van der Waals surface area contributed by atoms with E-state index in [-0.39, 0.29) is 22.7 Å². The molecule has 0 aliphatic heterocycles. The zero-order chi connectivity index (χ0) is 13.7. The van der Waals surface area contributed by atoms with Gasteiger partial charge >= 0.3 is 0 Å². The first-order valence-corrected chi connectivity index (χ1v) is 4.82. The third-order valence-electron chi connectivity index (χ3n) is 2.20. The van der Waals surface area contributed by atoms with E-state index in [0.717, 1.165) is 0 Å². The fraction of sp³-hybridized carbons (Fsp3) is 0.0909. The highest BCUT2D eigenvalue weighted by Crippen LogP contribution is 2.27. The minimum atomic E-state index is -0.485. The van der Waals surface area contributed by atoms with Gasteiger partial charge in [-0.1, -0.05) is 0 Å². The van der Waals surface area contributed by atoms with Crippen LogP contribution in [-0.4, -0.2) is 16.7 Å². The summed E-state index contributed by atoms with van der Waals surface area (Å²) in [5.74, 6) is -0.491. The number of phenols is 1. The van der Waals surface area contributed by atoms with Crippen molar-refractivity contribution in [1.82, 2.24) is 0 Å². The number of aromatic hydroxyl groups is 1. The second kappa shape index (κ2) is 5.32. The SMILES string of the molecule is Cc1c(O)ccc(C#N)c1N/N=C(\C#N)C(=N)N. The summed E-state index contributed by atoms with van der Waals surface area (Å²) in [6, 6.07) is 6.36. The third kappa shape index (κ3) is 2.54. The van der Waals surface area contributed by atoms with Crippen LogP contribution < -0.4 is 11.2 Å². The van der Waals surface area contributed by atoms with Crippen molar-refractivity contribution in [3.05, 3.63) is 23.3 Å². The first-order chi connectivity index (χ1) is 8.51. The fourth-order valence-electron chi connectivity index (χ4n) is 1.20. The van der Waals surface area contributed by atoms with E-state index < -0.39 is 5.84 Å². The Bertz CT molecular complexity index is 605. The molecule has 1 aromatic carbocycles. The van der Waals surface area contributed by atoms with Gasteiger partial charge in [0.15, 0.2) is 5.84 Å². The van der Waals surface area contributed by atoms with E-state index in [1.165, 1.54) is 12.1 Å². The molecule has 90 valence electrons. The van der Waals surface area contributed by atoms with Gasteiger partial charge in [-0.25, -0.2) is 0 Å². The van der Waals surface area contributed by atoms with Gasteiger partial charge in [-0.3, -0.25) is 10.8 Å². The number of hydrogen-bond donors (Lipinski definition) is 4. The van der Waals surface area contributed by atoms with Crippen LogP contribution in [-0.2, 0) is 0 Å². The molecule has 1 aromatic rings. The minimum Gasteiger partial charge on any atom is -0.508 e. The quantitative estimate of drug-likeness (QED) is 0.352. The maximum Gasteiger partial charge on any atom is 0.201 e. The van der Waals surface area contributed by atoms with Gasteiger partial charge in [0.2, 0.25) is 5.71 Å². The van der Waals surface area contributed by atoms with Crippen molar-refractivity contribution >= 4 is 17.2 Å². The molecule has 5 N–H and O–H groups in total. The van der Waals surface area contributed by atoms with Gasteiger partial charge in [0.05, 0.1) is 11.3 Å². The third-order valence-corrected chi connectivity index (χ3v) is 2.20. The number of amidine groups is 1. The number of nitrogens with zero attached hydrogens (tertiary/aromatic N) is 3. The summed E-state index contributed by atoms with van der Waals surface area (Å²) < 4.78 is 0. The van der Waals surface area contributed by atoms with E-state index in [0.29, 0.717) is 5.56 Å². The lowest BCUT2D eigenvalue weighted by Gasteiger charge is -2.08. The molecule has 0 saturated heterocycles. The van der Waals surface area contributed by atoms with Crippen molar-refractivity contribution in [3.8, 4) is 17.9 Å². The lowest BCUT2D eigenvalue weighted by atomic mass is 10.1. The van der Waals surface area contributed by atoms with E-state index in [9.17, 15) is 5.11 Å². The molecule has 7 heteroatoms. The number of nitrogens with two attached hydrogens (primary N) is 1. The van der Waals surface area contributed by atoms with Crippen molar-refractivity contribution in [1.29, 1.82) is 15.9 Å².